The van der Waals surface area contributed by atoms with Gasteiger partial charge >= 0.3 is 0 Å². The summed E-state index contributed by atoms with van der Waals surface area (Å²) < 4.78 is 5.97. The number of ether oxygens (including phenoxy) is 1. The number of phenolic OH excluding ortho intramolecular Hbond substituents is 1. The van der Waals surface area contributed by atoms with Crippen LogP contribution >= 0.6 is 22.6 Å². The van der Waals surface area contributed by atoms with Crippen LogP contribution in [0.2, 0.25) is 0 Å². The van der Waals surface area contributed by atoms with Gasteiger partial charge in [-0.1, -0.05) is 42.5 Å². The van der Waals surface area contributed by atoms with Crippen molar-refractivity contribution >= 4 is 40.2 Å². The molecule has 4 nitrogen and oxygen atoms in total. The lowest BCUT2D eigenvalue weighted by atomic mass is 9.77. The Morgan fingerprint density at radius 2 is 1.94 bits per heavy atom. The summed E-state index contributed by atoms with van der Waals surface area (Å²) in [5.74, 6) is 1.63. The second kappa shape index (κ2) is 8.38. The normalized spacial score (nSPS) is 21.5. The maximum Gasteiger partial charge on any atom is 0.171 e. The molecular formula is C26H23IN2O2. The first kappa shape index (κ1) is 20.1. The zero-order valence-corrected chi connectivity index (χ0v) is 19.3. The van der Waals surface area contributed by atoms with Crippen LogP contribution in [0.15, 0.2) is 77.8 Å². The molecule has 0 spiro atoms. The van der Waals surface area contributed by atoms with Gasteiger partial charge in [0.1, 0.15) is 0 Å². The minimum absolute atomic E-state index is 0.158. The summed E-state index contributed by atoms with van der Waals surface area (Å²) in [6.07, 6.45) is 7.57. The molecule has 1 aliphatic heterocycles. The largest absolute Gasteiger partial charge is 0.504 e. The third-order valence-electron chi connectivity index (χ3n) is 6.16. The van der Waals surface area contributed by atoms with E-state index in [9.17, 15) is 5.11 Å². The van der Waals surface area contributed by atoms with E-state index in [2.05, 4.69) is 93.6 Å². The summed E-state index contributed by atoms with van der Waals surface area (Å²) in [4.78, 5) is 4.61. The number of anilines is 1. The van der Waals surface area contributed by atoms with Crippen LogP contribution in [0.1, 0.15) is 35.1 Å². The van der Waals surface area contributed by atoms with E-state index in [0.29, 0.717) is 17.6 Å². The summed E-state index contributed by atoms with van der Waals surface area (Å²) >= 11 is 2.09. The highest BCUT2D eigenvalue weighted by molar-refractivity contribution is 14.1. The summed E-state index contributed by atoms with van der Waals surface area (Å²) in [6, 6.07) is 21.1. The molecule has 2 N–H and O–H groups in total. The lowest BCUT2D eigenvalue weighted by molar-refractivity contribution is 0.371. The third kappa shape index (κ3) is 3.83. The zero-order chi connectivity index (χ0) is 21.4. The Hall–Kier alpha value is -2.80. The number of methoxy groups -OCH3 is 1. The van der Waals surface area contributed by atoms with Crippen molar-refractivity contribution < 1.29 is 9.84 Å². The van der Waals surface area contributed by atoms with Gasteiger partial charge in [0.15, 0.2) is 11.5 Å². The third-order valence-corrected chi connectivity index (χ3v) is 6.98. The van der Waals surface area contributed by atoms with Crippen molar-refractivity contribution in [2.75, 3.05) is 12.4 Å². The van der Waals surface area contributed by atoms with Crippen molar-refractivity contribution in [3.63, 3.8) is 0 Å². The van der Waals surface area contributed by atoms with Gasteiger partial charge in [-0.05, 0) is 82.0 Å². The fourth-order valence-electron chi connectivity index (χ4n) is 4.61. The Bertz CT molecular complexity index is 1170. The first-order valence-electron chi connectivity index (χ1n) is 10.4. The molecule has 5 heteroatoms. The number of benzene rings is 3. The molecule has 0 aromatic heterocycles. The molecule has 3 atom stereocenters. The highest BCUT2D eigenvalue weighted by Crippen LogP contribution is 2.49. The Morgan fingerprint density at radius 1 is 1.13 bits per heavy atom. The standard InChI is InChI=1S/C26H23IN2O2/c1-31-24-14-16(13-22(27)26(24)30)15-28-18-11-9-17(10-12-18)25-21-7-4-6-19(21)20-5-2-3-8-23(20)29-25/h2-6,8-15,19,21,25,29-30H,7H2,1H3/t19-,21+,25+/m1/s1. The SMILES string of the molecule is COc1cc(C=Nc2ccc([C@@H]3Nc4ccccc4[C@H]4C=CC[C@@H]43)cc2)cc(I)c1O. The Balaban J connectivity index is 1.37. The molecule has 1 heterocycles. The predicted molar refractivity (Wildman–Crippen MR) is 134 cm³/mol. The molecule has 156 valence electrons. The quantitative estimate of drug-likeness (QED) is 0.231. The van der Waals surface area contributed by atoms with Crippen LogP contribution in [0.25, 0.3) is 0 Å². The number of para-hydroxylation sites is 1. The lowest BCUT2D eigenvalue weighted by Gasteiger charge is -2.37. The minimum Gasteiger partial charge on any atom is -0.504 e. The van der Waals surface area contributed by atoms with E-state index in [1.54, 1.807) is 19.4 Å². The van der Waals surface area contributed by atoms with Crippen LogP contribution in [-0.4, -0.2) is 18.4 Å². The van der Waals surface area contributed by atoms with Crippen LogP contribution in [0, 0.1) is 9.49 Å². The molecule has 0 bridgehead atoms. The maximum absolute atomic E-state index is 10.0. The molecule has 0 saturated heterocycles. The Kier molecular flexibility index (Phi) is 5.44. The fraction of sp³-hybridized carbons (Fsp3) is 0.192. The smallest absolute Gasteiger partial charge is 0.171 e. The molecule has 0 amide bonds. The van der Waals surface area contributed by atoms with Gasteiger partial charge in [-0.2, -0.15) is 0 Å². The first-order valence-corrected chi connectivity index (χ1v) is 11.4. The van der Waals surface area contributed by atoms with Gasteiger partial charge in [0.2, 0.25) is 0 Å². The summed E-state index contributed by atoms with van der Waals surface area (Å²) in [6.45, 7) is 0. The number of allylic oxidation sites excluding steroid dienone is 2. The lowest BCUT2D eigenvalue weighted by Crippen LogP contribution is -2.28. The molecule has 31 heavy (non-hydrogen) atoms. The molecule has 3 aromatic rings. The fourth-order valence-corrected chi connectivity index (χ4v) is 5.24. The molecule has 0 unspecified atom stereocenters. The predicted octanol–water partition coefficient (Wildman–Crippen LogP) is 6.58. The Labute approximate surface area is 195 Å². The van der Waals surface area contributed by atoms with Crippen LogP contribution in [0.5, 0.6) is 11.5 Å². The second-order valence-electron chi connectivity index (χ2n) is 7.97. The van der Waals surface area contributed by atoms with Gasteiger partial charge in [-0.15, -0.1) is 0 Å². The van der Waals surface area contributed by atoms with Gasteiger partial charge < -0.3 is 15.2 Å². The molecule has 0 saturated carbocycles. The topological polar surface area (TPSA) is 53.8 Å². The zero-order valence-electron chi connectivity index (χ0n) is 17.1. The van der Waals surface area contributed by atoms with Crippen molar-refractivity contribution in [2.45, 2.75) is 18.4 Å². The number of hydrogen-bond acceptors (Lipinski definition) is 4. The van der Waals surface area contributed by atoms with E-state index in [1.807, 2.05) is 6.07 Å². The van der Waals surface area contributed by atoms with E-state index in [1.165, 1.54) is 16.8 Å². The summed E-state index contributed by atoms with van der Waals surface area (Å²) in [5.41, 5.74) is 5.70. The van der Waals surface area contributed by atoms with Crippen LogP contribution in [0.4, 0.5) is 11.4 Å². The molecule has 2 aliphatic rings. The number of fused-ring (bicyclic) bond motifs is 3. The van der Waals surface area contributed by atoms with Crippen LogP contribution in [-0.2, 0) is 0 Å². The molecule has 0 radical (unpaired) electrons. The molecule has 3 aromatic carbocycles. The van der Waals surface area contributed by atoms with Crippen molar-refractivity contribution in [2.24, 2.45) is 10.9 Å². The summed E-state index contributed by atoms with van der Waals surface area (Å²) in [7, 11) is 1.55. The number of hydrogen-bond donors (Lipinski definition) is 2. The van der Waals surface area contributed by atoms with E-state index in [4.69, 9.17) is 4.74 Å². The number of nitrogens with zero attached hydrogens (tertiary/aromatic N) is 1. The van der Waals surface area contributed by atoms with E-state index < -0.39 is 0 Å². The average molecular weight is 522 g/mol. The van der Waals surface area contributed by atoms with E-state index in [-0.39, 0.29) is 11.8 Å². The van der Waals surface area contributed by atoms with Crippen molar-refractivity contribution in [3.05, 3.63) is 93.1 Å². The number of aromatic hydroxyl groups is 1. The molecule has 0 fully saturated rings. The molecule has 1 aliphatic carbocycles. The number of rotatable bonds is 4. The summed E-state index contributed by atoms with van der Waals surface area (Å²) in [5, 5.41) is 13.8. The van der Waals surface area contributed by atoms with Crippen LogP contribution < -0.4 is 10.1 Å². The molecular weight excluding hydrogens is 499 g/mol. The number of phenols is 1. The monoisotopic (exact) mass is 522 g/mol. The van der Waals surface area contributed by atoms with Gasteiger partial charge in [-0.3, -0.25) is 4.99 Å². The maximum atomic E-state index is 10.0. The molecule has 5 rings (SSSR count). The Morgan fingerprint density at radius 3 is 2.74 bits per heavy atom. The number of halogens is 1. The van der Waals surface area contributed by atoms with Crippen molar-refractivity contribution in [1.29, 1.82) is 0 Å². The van der Waals surface area contributed by atoms with Crippen molar-refractivity contribution in [1.82, 2.24) is 0 Å². The van der Waals surface area contributed by atoms with Crippen LogP contribution in [0.3, 0.4) is 0 Å². The highest BCUT2D eigenvalue weighted by Gasteiger charge is 2.37. The number of aliphatic imine (C=N–C) groups is 1. The average Bonchev–Trinajstić information content (AvgIpc) is 3.30. The second-order valence-corrected chi connectivity index (χ2v) is 9.13. The highest BCUT2D eigenvalue weighted by atomic mass is 127. The van der Waals surface area contributed by atoms with Gasteiger partial charge in [0.05, 0.1) is 22.4 Å². The minimum atomic E-state index is 0.158. The van der Waals surface area contributed by atoms with Crippen molar-refractivity contribution in [3.8, 4) is 11.5 Å². The van der Waals surface area contributed by atoms with Gasteiger partial charge in [-0.25, -0.2) is 0 Å². The van der Waals surface area contributed by atoms with E-state index >= 15 is 0 Å². The van der Waals surface area contributed by atoms with Gasteiger partial charge in [0.25, 0.3) is 0 Å². The first-order chi connectivity index (χ1) is 15.1. The number of nitrogens with one attached hydrogen (secondary N) is 1. The van der Waals surface area contributed by atoms with E-state index in [0.717, 1.165) is 21.2 Å². The van der Waals surface area contributed by atoms with Gasteiger partial charge in [0, 0.05) is 17.8 Å².